The van der Waals surface area contributed by atoms with Gasteiger partial charge in [-0.1, -0.05) is 83.0 Å². The lowest BCUT2D eigenvalue weighted by Gasteiger charge is -2.15. The van der Waals surface area contributed by atoms with Crippen molar-refractivity contribution in [2.45, 2.75) is 6.54 Å². The van der Waals surface area contributed by atoms with Crippen LogP contribution in [0, 0.1) is 0 Å². The van der Waals surface area contributed by atoms with Gasteiger partial charge in [0.25, 0.3) is 5.91 Å². The number of amides is 1. The fraction of sp³-hybridized carbons (Fsp3) is 0.0769. The fourth-order valence-corrected chi connectivity index (χ4v) is 6.06. The summed E-state index contributed by atoms with van der Waals surface area (Å²) in [6.45, 7) is 0.498. The van der Waals surface area contributed by atoms with Crippen LogP contribution >= 0.6 is 58.8 Å². The number of hydrogen-bond acceptors (Lipinski definition) is 4. The number of thiocarbonyl (C=S) groups is 1. The molecule has 1 aliphatic heterocycles. The van der Waals surface area contributed by atoms with Gasteiger partial charge in [-0.05, 0) is 42.5 Å². The Morgan fingerprint density at radius 3 is 2.46 bits per heavy atom. The molecule has 9 heteroatoms. The first-order chi connectivity index (χ1) is 16.9. The summed E-state index contributed by atoms with van der Waals surface area (Å²) in [5.74, 6) is 0.329. The van der Waals surface area contributed by atoms with Crippen LogP contribution in [-0.2, 0) is 11.3 Å². The summed E-state index contributed by atoms with van der Waals surface area (Å²) < 4.78 is 7.73. The van der Waals surface area contributed by atoms with Crippen molar-refractivity contribution in [1.82, 2.24) is 4.57 Å². The molecule has 1 fully saturated rings. The topological polar surface area (TPSA) is 34.5 Å². The zero-order valence-electron chi connectivity index (χ0n) is 18.3. The molecule has 0 spiro atoms. The largest absolute Gasteiger partial charge is 0.495 e. The van der Waals surface area contributed by atoms with Gasteiger partial charge in [0, 0.05) is 38.3 Å². The van der Waals surface area contributed by atoms with E-state index in [1.165, 1.54) is 16.7 Å². The van der Waals surface area contributed by atoms with E-state index in [-0.39, 0.29) is 5.91 Å². The van der Waals surface area contributed by atoms with Crippen LogP contribution in [0.25, 0.3) is 17.0 Å². The monoisotopic (exact) mass is 558 g/mol. The molecule has 0 bridgehead atoms. The number of nitrogens with zero attached hydrogens (tertiary/aromatic N) is 2. The Labute approximate surface area is 227 Å². The van der Waals surface area contributed by atoms with Crippen LogP contribution in [0.1, 0.15) is 11.1 Å². The molecule has 5 rings (SSSR count). The predicted molar refractivity (Wildman–Crippen MR) is 151 cm³/mol. The lowest BCUT2D eigenvalue weighted by molar-refractivity contribution is -0.113. The second kappa shape index (κ2) is 9.88. The van der Waals surface area contributed by atoms with Crippen molar-refractivity contribution >= 4 is 91.7 Å². The van der Waals surface area contributed by atoms with Gasteiger partial charge in [0.05, 0.1) is 29.3 Å². The molecule has 0 unspecified atom stereocenters. The maximum absolute atomic E-state index is 13.3. The Bertz CT molecular complexity index is 1510. The Morgan fingerprint density at radius 2 is 1.74 bits per heavy atom. The van der Waals surface area contributed by atoms with Crippen molar-refractivity contribution in [1.29, 1.82) is 0 Å². The first kappa shape index (κ1) is 24.2. The van der Waals surface area contributed by atoms with E-state index in [1.807, 2.05) is 54.7 Å². The molecule has 1 aliphatic rings. The van der Waals surface area contributed by atoms with Crippen molar-refractivity contribution in [2.75, 3.05) is 12.0 Å². The molecule has 176 valence electrons. The molecular formula is C26H17Cl3N2O2S2. The third kappa shape index (κ3) is 4.57. The van der Waals surface area contributed by atoms with Crippen LogP contribution in [0.5, 0.6) is 5.75 Å². The molecular weight excluding hydrogens is 543 g/mol. The van der Waals surface area contributed by atoms with Crippen molar-refractivity contribution in [3.05, 3.63) is 98.0 Å². The van der Waals surface area contributed by atoms with E-state index in [0.29, 0.717) is 42.3 Å². The van der Waals surface area contributed by atoms with Gasteiger partial charge in [-0.25, -0.2) is 0 Å². The van der Waals surface area contributed by atoms with Gasteiger partial charge in [0.2, 0.25) is 0 Å². The van der Waals surface area contributed by atoms with Crippen LogP contribution < -0.4 is 9.64 Å². The molecule has 1 aromatic heterocycles. The quantitative estimate of drug-likeness (QED) is 0.183. The van der Waals surface area contributed by atoms with Gasteiger partial charge in [-0.2, -0.15) is 0 Å². The van der Waals surface area contributed by atoms with Crippen molar-refractivity contribution in [3.8, 4) is 5.75 Å². The van der Waals surface area contributed by atoms with Gasteiger partial charge in [-0.3, -0.25) is 9.69 Å². The zero-order valence-corrected chi connectivity index (χ0v) is 22.2. The number of rotatable bonds is 5. The number of halogens is 3. The Balaban J connectivity index is 1.52. The average Bonchev–Trinajstić information content (AvgIpc) is 3.32. The number of para-hydroxylation sites is 1. The third-order valence-corrected chi connectivity index (χ3v) is 7.99. The molecule has 0 radical (unpaired) electrons. The summed E-state index contributed by atoms with van der Waals surface area (Å²) in [4.78, 5) is 15.4. The van der Waals surface area contributed by atoms with Crippen molar-refractivity contribution in [2.24, 2.45) is 0 Å². The van der Waals surface area contributed by atoms with Crippen LogP contribution in [0.15, 0.2) is 71.8 Å². The minimum atomic E-state index is -0.202. The maximum Gasteiger partial charge on any atom is 0.270 e. The molecule has 0 N–H and O–H groups in total. The lowest BCUT2D eigenvalue weighted by atomic mass is 10.1. The molecule has 3 aromatic carbocycles. The smallest absolute Gasteiger partial charge is 0.270 e. The Morgan fingerprint density at radius 1 is 1.00 bits per heavy atom. The van der Waals surface area contributed by atoms with E-state index in [4.69, 9.17) is 51.8 Å². The number of anilines is 1. The molecule has 2 heterocycles. The number of carbonyl (C=O) groups excluding carboxylic acids is 1. The van der Waals surface area contributed by atoms with Crippen LogP contribution in [-0.4, -0.2) is 21.9 Å². The van der Waals surface area contributed by atoms with Gasteiger partial charge in [0.1, 0.15) is 5.75 Å². The second-order valence-corrected chi connectivity index (χ2v) is 10.7. The molecule has 4 nitrogen and oxygen atoms in total. The summed E-state index contributed by atoms with van der Waals surface area (Å²) in [5, 5.41) is 2.63. The standard InChI is InChI=1S/C26H17Cl3N2O2S2/c1-33-23-10-9-16(12-21(23)29)31-25(32)24(35-26(31)34)11-15-13-30(22-8-3-2-5-17(15)22)14-18-19(27)6-4-7-20(18)28/h2-13H,14H2,1H3/b24-11-. The summed E-state index contributed by atoms with van der Waals surface area (Å²) in [6.07, 6.45) is 3.87. The lowest BCUT2D eigenvalue weighted by Crippen LogP contribution is -2.27. The highest BCUT2D eigenvalue weighted by molar-refractivity contribution is 8.27. The summed E-state index contributed by atoms with van der Waals surface area (Å²) in [7, 11) is 1.54. The van der Waals surface area contributed by atoms with Gasteiger partial charge < -0.3 is 9.30 Å². The molecule has 0 aliphatic carbocycles. The summed E-state index contributed by atoms with van der Waals surface area (Å²) in [5.41, 5.74) is 3.34. The van der Waals surface area contributed by atoms with Gasteiger partial charge in [0.15, 0.2) is 4.32 Å². The number of fused-ring (bicyclic) bond motifs is 1. The highest BCUT2D eigenvalue weighted by atomic mass is 35.5. The number of ether oxygens (including phenoxy) is 1. The van der Waals surface area contributed by atoms with E-state index >= 15 is 0 Å². The van der Waals surface area contributed by atoms with Gasteiger partial charge in [-0.15, -0.1) is 0 Å². The summed E-state index contributed by atoms with van der Waals surface area (Å²) >= 11 is 25.9. The second-order valence-electron chi connectivity index (χ2n) is 7.77. The third-order valence-electron chi connectivity index (χ3n) is 5.68. The Hall–Kier alpha value is -2.48. The molecule has 1 amide bonds. The molecule has 0 atom stereocenters. The van der Waals surface area contributed by atoms with E-state index < -0.39 is 0 Å². The number of hydrogen-bond donors (Lipinski definition) is 0. The number of carbonyl (C=O) groups is 1. The zero-order chi connectivity index (χ0) is 24.7. The minimum Gasteiger partial charge on any atom is -0.495 e. The van der Waals surface area contributed by atoms with Crippen LogP contribution in [0.2, 0.25) is 15.1 Å². The van der Waals surface area contributed by atoms with Crippen LogP contribution in [0.4, 0.5) is 5.69 Å². The maximum atomic E-state index is 13.3. The number of methoxy groups -OCH3 is 1. The van der Waals surface area contributed by atoms with E-state index in [9.17, 15) is 4.79 Å². The molecule has 4 aromatic rings. The van der Waals surface area contributed by atoms with Gasteiger partial charge >= 0.3 is 0 Å². The van der Waals surface area contributed by atoms with Crippen molar-refractivity contribution in [3.63, 3.8) is 0 Å². The summed E-state index contributed by atoms with van der Waals surface area (Å²) in [6, 6.07) is 18.6. The minimum absolute atomic E-state index is 0.202. The normalized spacial score (nSPS) is 15.0. The van der Waals surface area contributed by atoms with Crippen LogP contribution in [0.3, 0.4) is 0 Å². The number of thioether (sulfide) groups is 1. The van der Waals surface area contributed by atoms with Crippen molar-refractivity contribution < 1.29 is 9.53 Å². The number of benzene rings is 3. The molecule has 1 saturated heterocycles. The first-order valence-corrected chi connectivity index (χ1v) is 12.9. The fourth-order valence-electron chi connectivity index (χ4n) is 4.00. The average molecular weight is 560 g/mol. The SMILES string of the molecule is COc1ccc(N2C(=O)/C(=C/c3cn(Cc4c(Cl)cccc4Cl)c4ccccc34)SC2=S)cc1Cl. The Kier molecular flexibility index (Phi) is 6.84. The highest BCUT2D eigenvalue weighted by Gasteiger charge is 2.34. The predicted octanol–water partition coefficient (Wildman–Crippen LogP) is 8.06. The van der Waals surface area contributed by atoms with E-state index in [0.717, 1.165) is 22.0 Å². The molecule has 0 saturated carbocycles. The van der Waals surface area contributed by atoms with E-state index in [2.05, 4.69) is 4.57 Å². The first-order valence-electron chi connectivity index (χ1n) is 10.5. The highest BCUT2D eigenvalue weighted by Crippen LogP contribution is 2.39. The molecule has 35 heavy (non-hydrogen) atoms. The van der Waals surface area contributed by atoms with E-state index in [1.54, 1.807) is 25.3 Å². The number of aromatic nitrogens is 1.